The minimum absolute atomic E-state index is 0.0513. The first-order chi connectivity index (χ1) is 11.7. The second kappa shape index (κ2) is 9.80. The van der Waals surface area contributed by atoms with Gasteiger partial charge in [0, 0.05) is 23.7 Å². The van der Waals surface area contributed by atoms with Crippen molar-refractivity contribution in [3.63, 3.8) is 0 Å². The van der Waals surface area contributed by atoms with E-state index in [2.05, 4.69) is 10.6 Å². The average Bonchev–Trinajstić information content (AvgIpc) is 2.60. The van der Waals surface area contributed by atoms with Crippen LogP contribution in [0.5, 0.6) is 5.75 Å². The molecule has 3 N–H and O–H groups in total. The Balaban J connectivity index is 1.76. The Bertz CT molecular complexity index is 664. The van der Waals surface area contributed by atoms with Gasteiger partial charge in [-0.05, 0) is 24.1 Å². The average molecular weight is 349 g/mol. The largest absolute Gasteiger partial charge is 0.491 e. The Hall–Kier alpha value is -2.24. The van der Waals surface area contributed by atoms with Crippen LogP contribution in [0.3, 0.4) is 0 Å². The first-order valence-corrected chi connectivity index (χ1v) is 8.15. The standard InChI is InChI=1S/C18H21ClN2O3/c19-16-7-3-1-5-14(16)9-10-20-18(23)21-13-15-6-2-4-8-17(15)24-12-11-22/h1-8,22H,9-13H2,(H2,20,21,23). The van der Waals surface area contributed by atoms with Crippen LogP contribution in [0.1, 0.15) is 11.1 Å². The van der Waals surface area contributed by atoms with Gasteiger partial charge in [0.25, 0.3) is 0 Å². The third-order valence-corrected chi connectivity index (χ3v) is 3.77. The highest BCUT2D eigenvalue weighted by Gasteiger charge is 2.06. The summed E-state index contributed by atoms with van der Waals surface area (Å²) in [6.07, 6.45) is 0.670. The third-order valence-electron chi connectivity index (χ3n) is 3.40. The zero-order valence-electron chi connectivity index (χ0n) is 13.3. The molecule has 0 unspecified atom stereocenters. The molecular formula is C18H21ClN2O3. The normalized spacial score (nSPS) is 10.2. The van der Waals surface area contributed by atoms with E-state index in [1.54, 1.807) is 0 Å². The number of carbonyl (C=O) groups is 1. The lowest BCUT2D eigenvalue weighted by molar-refractivity contribution is 0.200. The number of benzene rings is 2. The van der Waals surface area contributed by atoms with Gasteiger partial charge in [0.1, 0.15) is 12.4 Å². The molecular weight excluding hydrogens is 328 g/mol. The van der Waals surface area contributed by atoms with Crippen molar-refractivity contribution in [2.75, 3.05) is 19.8 Å². The molecule has 0 fully saturated rings. The second-order valence-electron chi connectivity index (χ2n) is 5.13. The fourth-order valence-electron chi connectivity index (χ4n) is 2.20. The molecule has 2 rings (SSSR count). The van der Waals surface area contributed by atoms with Crippen molar-refractivity contribution in [3.8, 4) is 5.75 Å². The van der Waals surface area contributed by atoms with Crippen LogP contribution in [-0.2, 0) is 13.0 Å². The fraction of sp³-hybridized carbons (Fsp3) is 0.278. The van der Waals surface area contributed by atoms with Gasteiger partial charge in [0.15, 0.2) is 0 Å². The summed E-state index contributed by atoms with van der Waals surface area (Å²) in [6, 6.07) is 14.7. The molecule has 0 aromatic heterocycles. The minimum atomic E-state index is -0.251. The Morgan fingerprint density at radius 2 is 1.75 bits per heavy atom. The lowest BCUT2D eigenvalue weighted by atomic mass is 10.1. The van der Waals surface area contributed by atoms with Gasteiger partial charge in [-0.25, -0.2) is 4.79 Å². The van der Waals surface area contributed by atoms with E-state index in [4.69, 9.17) is 21.4 Å². The van der Waals surface area contributed by atoms with Crippen molar-refractivity contribution in [1.29, 1.82) is 0 Å². The number of nitrogens with one attached hydrogen (secondary N) is 2. The van der Waals surface area contributed by atoms with E-state index in [-0.39, 0.29) is 19.2 Å². The molecule has 2 aromatic rings. The van der Waals surface area contributed by atoms with Gasteiger partial charge in [-0.15, -0.1) is 0 Å². The first kappa shape index (κ1) is 18.1. The quantitative estimate of drug-likeness (QED) is 0.687. The zero-order chi connectivity index (χ0) is 17.2. The van der Waals surface area contributed by atoms with Crippen LogP contribution in [-0.4, -0.2) is 30.9 Å². The molecule has 0 saturated carbocycles. The van der Waals surface area contributed by atoms with Gasteiger partial charge in [0.05, 0.1) is 6.61 Å². The molecule has 0 spiro atoms. The fourth-order valence-corrected chi connectivity index (χ4v) is 2.43. The smallest absolute Gasteiger partial charge is 0.315 e. The summed E-state index contributed by atoms with van der Waals surface area (Å²) >= 11 is 6.08. The predicted octanol–water partition coefficient (Wildman–Crippen LogP) is 2.75. The lowest BCUT2D eigenvalue weighted by Gasteiger charge is -2.12. The number of carbonyl (C=O) groups excluding carboxylic acids is 1. The van der Waals surface area contributed by atoms with Gasteiger partial charge < -0.3 is 20.5 Å². The molecule has 128 valence electrons. The number of aliphatic hydroxyl groups excluding tert-OH is 1. The molecule has 6 heteroatoms. The number of amides is 2. The number of halogens is 1. The summed E-state index contributed by atoms with van der Waals surface area (Å²) in [6.45, 7) is 1.02. The van der Waals surface area contributed by atoms with Gasteiger partial charge >= 0.3 is 6.03 Å². The maximum Gasteiger partial charge on any atom is 0.315 e. The van der Waals surface area contributed by atoms with E-state index < -0.39 is 0 Å². The summed E-state index contributed by atoms with van der Waals surface area (Å²) < 4.78 is 5.43. The van der Waals surface area contributed by atoms with Crippen LogP contribution < -0.4 is 15.4 Å². The Morgan fingerprint density at radius 3 is 2.50 bits per heavy atom. The molecule has 0 atom stereocenters. The van der Waals surface area contributed by atoms with Crippen molar-refractivity contribution in [3.05, 3.63) is 64.7 Å². The highest BCUT2D eigenvalue weighted by atomic mass is 35.5. The van der Waals surface area contributed by atoms with E-state index in [9.17, 15) is 4.79 Å². The summed E-state index contributed by atoms with van der Waals surface area (Å²) in [4.78, 5) is 11.9. The van der Waals surface area contributed by atoms with E-state index in [0.717, 1.165) is 11.1 Å². The van der Waals surface area contributed by atoms with Crippen molar-refractivity contribution in [2.24, 2.45) is 0 Å². The van der Waals surface area contributed by atoms with Crippen molar-refractivity contribution in [1.82, 2.24) is 10.6 Å². The van der Waals surface area contributed by atoms with Crippen LogP contribution in [0.15, 0.2) is 48.5 Å². The number of hydrogen-bond acceptors (Lipinski definition) is 3. The third kappa shape index (κ3) is 5.76. The molecule has 0 aliphatic rings. The molecule has 5 nitrogen and oxygen atoms in total. The number of hydrogen-bond donors (Lipinski definition) is 3. The Labute approximate surface area is 146 Å². The van der Waals surface area contributed by atoms with Crippen molar-refractivity contribution >= 4 is 17.6 Å². The maximum absolute atomic E-state index is 11.9. The molecule has 0 saturated heterocycles. The van der Waals surface area contributed by atoms with Crippen LogP contribution >= 0.6 is 11.6 Å². The maximum atomic E-state index is 11.9. The molecule has 2 amide bonds. The number of ether oxygens (including phenoxy) is 1. The molecule has 0 bridgehead atoms. The second-order valence-corrected chi connectivity index (χ2v) is 5.54. The van der Waals surface area contributed by atoms with Gasteiger partial charge in [-0.1, -0.05) is 48.0 Å². The summed E-state index contributed by atoms with van der Waals surface area (Å²) in [7, 11) is 0. The molecule has 0 radical (unpaired) electrons. The van der Waals surface area contributed by atoms with Crippen LogP contribution in [0.25, 0.3) is 0 Å². The lowest BCUT2D eigenvalue weighted by Crippen LogP contribution is -2.36. The number of rotatable bonds is 8. The summed E-state index contributed by atoms with van der Waals surface area (Å²) in [5, 5.41) is 15.1. The monoisotopic (exact) mass is 348 g/mol. The number of urea groups is 1. The van der Waals surface area contributed by atoms with Crippen LogP contribution in [0.2, 0.25) is 5.02 Å². The summed E-state index contributed by atoms with van der Waals surface area (Å²) in [5.74, 6) is 0.655. The van der Waals surface area contributed by atoms with Gasteiger partial charge in [0.2, 0.25) is 0 Å². The van der Waals surface area contributed by atoms with E-state index in [1.807, 2.05) is 48.5 Å². The van der Waals surface area contributed by atoms with Crippen molar-refractivity contribution in [2.45, 2.75) is 13.0 Å². The Kier molecular flexibility index (Phi) is 7.39. The Morgan fingerprint density at radius 1 is 1.04 bits per heavy atom. The number of aliphatic hydroxyl groups is 1. The molecule has 24 heavy (non-hydrogen) atoms. The highest BCUT2D eigenvalue weighted by molar-refractivity contribution is 6.31. The SMILES string of the molecule is O=C(NCCc1ccccc1Cl)NCc1ccccc1OCCO. The van der Waals surface area contributed by atoms with Crippen LogP contribution in [0, 0.1) is 0 Å². The molecule has 2 aromatic carbocycles. The minimum Gasteiger partial charge on any atom is -0.491 e. The highest BCUT2D eigenvalue weighted by Crippen LogP contribution is 2.17. The van der Waals surface area contributed by atoms with Gasteiger partial charge in [-0.2, -0.15) is 0 Å². The molecule has 0 aliphatic carbocycles. The molecule has 0 heterocycles. The van der Waals surface area contributed by atoms with Gasteiger partial charge in [-0.3, -0.25) is 0 Å². The zero-order valence-corrected chi connectivity index (χ0v) is 14.1. The summed E-state index contributed by atoms with van der Waals surface area (Å²) in [5.41, 5.74) is 1.86. The predicted molar refractivity (Wildman–Crippen MR) is 94.4 cm³/mol. The first-order valence-electron chi connectivity index (χ1n) is 7.77. The van der Waals surface area contributed by atoms with E-state index >= 15 is 0 Å². The van der Waals surface area contributed by atoms with E-state index in [1.165, 1.54) is 0 Å². The number of para-hydroxylation sites is 1. The topological polar surface area (TPSA) is 70.6 Å². The van der Waals surface area contributed by atoms with E-state index in [0.29, 0.717) is 30.3 Å². The molecule has 0 aliphatic heterocycles. The van der Waals surface area contributed by atoms with Crippen molar-refractivity contribution < 1.29 is 14.6 Å². The van der Waals surface area contributed by atoms with Crippen LogP contribution in [0.4, 0.5) is 4.79 Å².